The van der Waals surface area contributed by atoms with Crippen LogP contribution in [0.15, 0.2) is 57.5 Å². The quantitative estimate of drug-likeness (QED) is 0.663. The molecule has 0 saturated heterocycles. The van der Waals surface area contributed by atoms with Gasteiger partial charge in [0.15, 0.2) is 6.17 Å². The predicted octanol–water partition coefficient (Wildman–Crippen LogP) is 4.38. The lowest BCUT2D eigenvalue weighted by Gasteiger charge is -2.29. The van der Waals surface area contributed by atoms with Crippen molar-refractivity contribution >= 4 is 29.4 Å². The molecular weight excluding hydrogens is 400 g/mol. The summed E-state index contributed by atoms with van der Waals surface area (Å²) < 4.78 is 0. The van der Waals surface area contributed by atoms with Crippen molar-refractivity contribution in [2.45, 2.75) is 51.6 Å². The molecule has 2 aliphatic heterocycles. The molecular formula is C23H27ClN4O2. The standard InChI is InChI=1S/C23H27ClN4O2/c1-15-18(13-17-9-5-6-10-20(17)24)23(30)28-21(27-15)19(14-26-28)22(29)25-12-11-16-7-3-2-4-8-16/h5-7,9-10,14,19,21,30H,2-4,8,11-13H2,1H3,(H,25,29). The summed E-state index contributed by atoms with van der Waals surface area (Å²) in [6.45, 7) is 2.46. The number of fused-ring (bicyclic) bond motifs is 1. The second-order valence-electron chi connectivity index (χ2n) is 7.98. The van der Waals surface area contributed by atoms with Crippen LogP contribution in [-0.4, -0.2) is 40.7 Å². The summed E-state index contributed by atoms with van der Waals surface area (Å²) in [6, 6.07) is 7.53. The molecule has 1 aliphatic carbocycles. The van der Waals surface area contributed by atoms with Crippen LogP contribution < -0.4 is 5.32 Å². The van der Waals surface area contributed by atoms with Gasteiger partial charge in [0.25, 0.3) is 0 Å². The zero-order valence-electron chi connectivity index (χ0n) is 17.1. The van der Waals surface area contributed by atoms with Gasteiger partial charge in [-0.05, 0) is 50.7 Å². The minimum Gasteiger partial charge on any atom is -0.493 e. The molecule has 158 valence electrons. The molecule has 0 aromatic heterocycles. The van der Waals surface area contributed by atoms with E-state index < -0.39 is 12.1 Å². The van der Waals surface area contributed by atoms with Gasteiger partial charge in [0.1, 0.15) is 5.92 Å². The van der Waals surface area contributed by atoms with Crippen LogP contribution in [0.25, 0.3) is 0 Å². The van der Waals surface area contributed by atoms with Crippen molar-refractivity contribution in [2.24, 2.45) is 16.0 Å². The molecule has 3 aliphatic rings. The van der Waals surface area contributed by atoms with Crippen LogP contribution in [-0.2, 0) is 11.2 Å². The van der Waals surface area contributed by atoms with Gasteiger partial charge in [0.2, 0.25) is 11.8 Å². The summed E-state index contributed by atoms with van der Waals surface area (Å²) in [5, 5.41) is 20.2. The van der Waals surface area contributed by atoms with Gasteiger partial charge in [-0.25, -0.2) is 5.01 Å². The molecule has 0 bridgehead atoms. The molecule has 2 heterocycles. The molecule has 0 spiro atoms. The first-order valence-electron chi connectivity index (χ1n) is 10.5. The molecule has 1 aromatic carbocycles. The highest BCUT2D eigenvalue weighted by atomic mass is 35.5. The Balaban J connectivity index is 1.41. The van der Waals surface area contributed by atoms with Gasteiger partial charge in [-0.2, -0.15) is 5.10 Å². The van der Waals surface area contributed by atoms with Gasteiger partial charge < -0.3 is 10.4 Å². The first kappa shape index (κ1) is 20.7. The molecule has 2 unspecified atom stereocenters. The number of allylic oxidation sites excluding steroid dienone is 2. The van der Waals surface area contributed by atoms with E-state index in [1.165, 1.54) is 23.4 Å². The maximum Gasteiger partial charge on any atom is 0.232 e. The van der Waals surface area contributed by atoms with Crippen molar-refractivity contribution in [3.05, 3.63) is 58.0 Å². The fourth-order valence-corrected chi connectivity index (χ4v) is 4.37. The number of rotatable bonds is 6. The zero-order valence-corrected chi connectivity index (χ0v) is 17.9. The van der Waals surface area contributed by atoms with E-state index in [4.69, 9.17) is 11.6 Å². The van der Waals surface area contributed by atoms with Crippen molar-refractivity contribution in [1.82, 2.24) is 10.3 Å². The lowest BCUT2D eigenvalue weighted by atomic mass is 9.97. The second kappa shape index (κ2) is 9.04. The van der Waals surface area contributed by atoms with Gasteiger partial charge in [-0.15, -0.1) is 0 Å². The number of aliphatic imine (C=N–C) groups is 1. The van der Waals surface area contributed by atoms with E-state index in [-0.39, 0.29) is 11.8 Å². The van der Waals surface area contributed by atoms with E-state index in [0.717, 1.165) is 24.8 Å². The Morgan fingerprint density at radius 1 is 1.33 bits per heavy atom. The maximum atomic E-state index is 12.7. The summed E-state index contributed by atoms with van der Waals surface area (Å²) in [4.78, 5) is 17.4. The third kappa shape index (κ3) is 4.29. The highest BCUT2D eigenvalue weighted by molar-refractivity contribution is 6.31. The number of halogens is 1. The van der Waals surface area contributed by atoms with Crippen LogP contribution in [0.5, 0.6) is 0 Å². The van der Waals surface area contributed by atoms with Crippen LogP contribution in [0.2, 0.25) is 5.02 Å². The number of nitrogens with zero attached hydrogens (tertiary/aromatic N) is 3. The molecule has 7 heteroatoms. The van der Waals surface area contributed by atoms with Crippen LogP contribution in [0.4, 0.5) is 0 Å². The van der Waals surface area contributed by atoms with E-state index in [1.54, 1.807) is 6.21 Å². The largest absolute Gasteiger partial charge is 0.493 e. The van der Waals surface area contributed by atoms with E-state index in [2.05, 4.69) is 21.5 Å². The van der Waals surface area contributed by atoms with Gasteiger partial charge in [0, 0.05) is 35.5 Å². The van der Waals surface area contributed by atoms with Crippen molar-refractivity contribution in [3.63, 3.8) is 0 Å². The minimum absolute atomic E-state index is 0.0336. The predicted molar refractivity (Wildman–Crippen MR) is 120 cm³/mol. The van der Waals surface area contributed by atoms with E-state index in [1.807, 2.05) is 31.2 Å². The molecule has 2 atom stereocenters. The first-order valence-corrected chi connectivity index (χ1v) is 10.9. The molecule has 30 heavy (non-hydrogen) atoms. The number of aliphatic hydroxyl groups is 1. The molecule has 4 rings (SSSR count). The van der Waals surface area contributed by atoms with Crippen LogP contribution in [0, 0.1) is 5.92 Å². The monoisotopic (exact) mass is 426 g/mol. The first-order chi connectivity index (χ1) is 14.5. The number of amides is 1. The average molecular weight is 427 g/mol. The summed E-state index contributed by atoms with van der Waals surface area (Å²) >= 11 is 6.28. The van der Waals surface area contributed by atoms with Crippen LogP contribution >= 0.6 is 11.6 Å². The fraction of sp³-hybridized carbons (Fsp3) is 0.435. The van der Waals surface area contributed by atoms with Crippen LogP contribution in [0.1, 0.15) is 44.6 Å². The zero-order chi connectivity index (χ0) is 21.1. The number of aliphatic hydroxyl groups excluding tert-OH is 1. The Bertz CT molecular complexity index is 950. The summed E-state index contributed by atoms with van der Waals surface area (Å²) in [6.07, 6.45) is 9.44. The summed E-state index contributed by atoms with van der Waals surface area (Å²) in [5.74, 6) is -0.600. The van der Waals surface area contributed by atoms with E-state index in [0.29, 0.717) is 29.3 Å². The lowest BCUT2D eigenvalue weighted by Crippen LogP contribution is -2.43. The molecule has 1 aromatic rings. The maximum absolute atomic E-state index is 12.7. The molecule has 0 saturated carbocycles. The third-order valence-corrected chi connectivity index (χ3v) is 6.30. The Kier molecular flexibility index (Phi) is 6.23. The number of hydrogen-bond acceptors (Lipinski definition) is 5. The Labute approximate surface area is 182 Å². The normalized spacial score (nSPS) is 23.2. The van der Waals surface area contributed by atoms with Gasteiger partial charge >= 0.3 is 0 Å². The van der Waals surface area contributed by atoms with Crippen LogP contribution in [0.3, 0.4) is 0 Å². The summed E-state index contributed by atoms with van der Waals surface area (Å²) in [7, 11) is 0. The van der Waals surface area contributed by atoms with Crippen molar-refractivity contribution in [3.8, 4) is 0 Å². The number of nitrogens with one attached hydrogen (secondary N) is 1. The number of carbonyl (C=O) groups excluding carboxylic acids is 1. The Morgan fingerprint density at radius 3 is 2.93 bits per heavy atom. The molecule has 0 radical (unpaired) electrons. The molecule has 0 fully saturated rings. The Morgan fingerprint density at radius 2 is 2.17 bits per heavy atom. The van der Waals surface area contributed by atoms with Crippen molar-refractivity contribution in [2.75, 3.05) is 6.54 Å². The number of hydrogen-bond donors (Lipinski definition) is 2. The molecule has 1 amide bonds. The number of benzene rings is 1. The number of hydrazone groups is 1. The topological polar surface area (TPSA) is 77.3 Å². The van der Waals surface area contributed by atoms with E-state index >= 15 is 0 Å². The van der Waals surface area contributed by atoms with Gasteiger partial charge in [0.05, 0.1) is 0 Å². The van der Waals surface area contributed by atoms with E-state index in [9.17, 15) is 9.90 Å². The average Bonchev–Trinajstić information content (AvgIpc) is 3.17. The van der Waals surface area contributed by atoms with Gasteiger partial charge in [-0.3, -0.25) is 9.79 Å². The molecule has 6 nitrogen and oxygen atoms in total. The summed E-state index contributed by atoms with van der Waals surface area (Å²) in [5.41, 5.74) is 3.70. The SMILES string of the molecule is CC1=NC2C(C(=O)NCCC3=CCCCC3)C=NN2C(O)=C1Cc1ccccc1Cl. The van der Waals surface area contributed by atoms with Crippen molar-refractivity contribution in [1.29, 1.82) is 0 Å². The van der Waals surface area contributed by atoms with Gasteiger partial charge in [-0.1, -0.05) is 41.4 Å². The Hall–Kier alpha value is -2.60. The smallest absolute Gasteiger partial charge is 0.232 e. The lowest BCUT2D eigenvalue weighted by molar-refractivity contribution is -0.124. The second-order valence-corrected chi connectivity index (χ2v) is 8.39. The third-order valence-electron chi connectivity index (χ3n) is 5.93. The van der Waals surface area contributed by atoms with Crippen molar-refractivity contribution < 1.29 is 9.90 Å². The minimum atomic E-state index is -0.547. The highest BCUT2D eigenvalue weighted by Gasteiger charge is 2.41. The number of carbonyl (C=O) groups is 1. The highest BCUT2D eigenvalue weighted by Crippen LogP contribution is 2.31. The fourth-order valence-electron chi connectivity index (χ4n) is 4.17. The molecule has 2 N–H and O–H groups in total.